The van der Waals surface area contributed by atoms with E-state index in [1.807, 2.05) is 18.2 Å². The molecular weight excluding hydrogens is 602 g/mol. The number of ether oxygens (including phenoxy) is 2. The first-order chi connectivity index (χ1) is 22.8. The van der Waals surface area contributed by atoms with Crippen LogP contribution in [0.5, 0.6) is 0 Å². The van der Waals surface area contributed by atoms with Crippen LogP contribution in [0.3, 0.4) is 0 Å². The zero-order chi connectivity index (χ0) is 34.3. The van der Waals surface area contributed by atoms with Gasteiger partial charge in [0.25, 0.3) is 18.3 Å². The van der Waals surface area contributed by atoms with E-state index in [1.54, 1.807) is 25.3 Å². The SMILES string of the molecule is C#CCOCCOCCNC(CCCNC(=O)c1ccc(NCC2=CN/C(=C\CCC)C(C(=O)N=C(C)N)=N2)cc1)=C1CC1.O=CO. The van der Waals surface area contributed by atoms with Gasteiger partial charge in [-0.15, -0.1) is 6.42 Å². The zero-order valence-corrected chi connectivity index (χ0v) is 27.3. The Morgan fingerprint density at radius 3 is 2.53 bits per heavy atom. The number of carbonyl (C=O) groups is 3. The summed E-state index contributed by atoms with van der Waals surface area (Å²) in [7, 11) is 0. The molecule has 254 valence electrons. The lowest BCUT2D eigenvalue weighted by atomic mass is 10.1. The highest BCUT2D eigenvalue weighted by Gasteiger charge is 2.20. The smallest absolute Gasteiger partial charge is 0.299 e. The minimum Gasteiger partial charge on any atom is -0.483 e. The minimum absolute atomic E-state index is 0.111. The summed E-state index contributed by atoms with van der Waals surface area (Å²) in [6.45, 7) is 7.00. The van der Waals surface area contributed by atoms with Crippen molar-refractivity contribution in [3.05, 3.63) is 64.8 Å². The topological polar surface area (TPSA) is 189 Å². The lowest BCUT2D eigenvalue weighted by Crippen LogP contribution is -2.28. The van der Waals surface area contributed by atoms with Crippen LogP contribution in [0.25, 0.3) is 0 Å². The number of nitrogens with one attached hydrogen (secondary N) is 4. The second-order valence-corrected chi connectivity index (χ2v) is 10.5. The van der Waals surface area contributed by atoms with Gasteiger partial charge in [-0.2, -0.15) is 4.99 Å². The van der Waals surface area contributed by atoms with Crippen molar-refractivity contribution in [2.24, 2.45) is 15.7 Å². The first-order valence-corrected chi connectivity index (χ1v) is 15.7. The Labute approximate surface area is 276 Å². The first-order valence-electron chi connectivity index (χ1n) is 15.7. The quantitative estimate of drug-likeness (QED) is 0.0427. The molecule has 0 atom stereocenters. The molecule has 47 heavy (non-hydrogen) atoms. The van der Waals surface area contributed by atoms with Crippen LogP contribution in [0.2, 0.25) is 0 Å². The molecular formula is C34H47N7O6. The van der Waals surface area contributed by atoms with Gasteiger partial charge in [0, 0.05) is 36.2 Å². The number of benzene rings is 1. The molecule has 0 saturated heterocycles. The minimum atomic E-state index is -0.485. The number of anilines is 1. The Balaban J connectivity index is 0.00000246. The number of nitrogens with two attached hydrogens (primary N) is 1. The van der Waals surface area contributed by atoms with Crippen molar-refractivity contribution in [1.82, 2.24) is 16.0 Å². The van der Waals surface area contributed by atoms with E-state index < -0.39 is 5.91 Å². The average molecular weight is 650 g/mol. The van der Waals surface area contributed by atoms with E-state index in [-0.39, 0.29) is 23.9 Å². The summed E-state index contributed by atoms with van der Waals surface area (Å²) in [5.74, 6) is 2.01. The predicted molar refractivity (Wildman–Crippen MR) is 184 cm³/mol. The number of hydrogen-bond donors (Lipinski definition) is 6. The van der Waals surface area contributed by atoms with Gasteiger partial charge >= 0.3 is 0 Å². The Bertz CT molecular complexity index is 1360. The van der Waals surface area contributed by atoms with Gasteiger partial charge in [0.1, 0.15) is 12.4 Å². The summed E-state index contributed by atoms with van der Waals surface area (Å²) in [6.07, 6.45) is 14.6. The van der Waals surface area contributed by atoms with Gasteiger partial charge in [-0.05, 0) is 63.3 Å². The second kappa shape index (κ2) is 22.6. The Morgan fingerprint density at radius 2 is 1.87 bits per heavy atom. The highest BCUT2D eigenvalue weighted by molar-refractivity contribution is 6.47. The van der Waals surface area contributed by atoms with Crippen molar-refractivity contribution in [2.45, 2.75) is 52.4 Å². The van der Waals surface area contributed by atoms with E-state index in [0.717, 1.165) is 50.8 Å². The molecule has 2 aliphatic rings. The van der Waals surface area contributed by atoms with Crippen LogP contribution in [0, 0.1) is 12.3 Å². The van der Waals surface area contributed by atoms with Crippen LogP contribution in [-0.2, 0) is 19.1 Å². The molecule has 1 fully saturated rings. The number of nitrogens with zero attached hydrogens (tertiary/aromatic N) is 2. The number of terminal acetylenes is 1. The molecule has 0 spiro atoms. The molecule has 1 aliphatic heterocycles. The van der Waals surface area contributed by atoms with Crippen LogP contribution in [0.4, 0.5) is 5.69 Å². The maximum atomic E-state index is 12.7. The van der Waals surface area contributed by atoms with Crippen molar-refractivity contribution < 1.29 is 29.0 Å². The summed E-state index contributed by atoms with van der Waals surface area (Å²) in [4.78, 5) is 42.0. The van der Waals surface area contributed by atoms with Crippen LogP contribution in [0.15, 0.2) is 69.2 Å². The number of allylic oxidation sites excluding steroid dienone is 3. The Kier molecular flexibility index (Phi) is 18.4. The molecule has 0 bridgehead atoms. The number of amidine groups is 1. The summed E-state index contributed by atoms with van der Waals surface area (Å²) >= 11 is 0. The van der Waals surface area contributed by atoms with Gasteiger partial charge in [0.15, 0.2) is 5.71 Å². The maximum absolute atomic E-state index is 12.7. The normalized spacial score (nSPS) is 14.4. The van der Waals surface area contributed by atoms with Gasteiger partial charge in [-0.3, -0.25) is 14.4 Å². The number of rotatable bonds is 19. The highest BCUT2D eigenvalue weighted by atomic mass is 16.5. The predicted octanol–water partition coefficient (Wildman–Crippen LogP) is 3.09. The van der Waals surface area contributed by atoms with Crippen LogP contribution in [-0.4, -0.2) is 81.0 Å². The molecule has 0 aromatic heterocycles. The lowest BCUT2D eigenvalue weighted by molar-refractivity contribution is -0.122. The highest BCUT2D eigenvalue weighted by Crippen LogP contribution is 2.32. The molecule has 13 nitrogen and oxygen atoms in total. The van der Waals surface area contributed by atoms with Crippen molar-refractivity contribution in [2.75, 3.05) is 51.4 Å². The third kappa shape index (κ3) is 15.8. The molecule has 13 heteroatoms. The Hall–Kier alpha value is -4.93. The molecule has 1 heterocycles. The van der Waals surface area contributed by atoms with Gasteiger partial charge in [-0.25, -0.2) is 4.99 Å². The van der Waals surface area contributed by atoms with Crippen LogP contribution >= 0.6 is 0 Å². The monoisotopic (exact) mass is 649 g/mol. The molecule has 1 aromatic rings. The number of hydrogen-bond acceptors (Lipinski definition) is 9. The number of unbranched alkanes of at least 4 members (excludes halogenated alkanes) is 1. The van der Waals surface area contributed by atoms with Crippen LogP contribution < -0.4 is 27.0 Å². The van der Waals surface area contributed by atoms with Crippen molar-refractivity contribution in [3.63, 3.8) is 0 Å². The summed E-state index contributed by atoms with van der Waals surface area (Å²) in [5, 5.41) is 19.8. The van der Waals surface area contributed by atoms with Crippen molar-refractivity contribution >= 4 is 35.5 Å². The number of aliphatic imine (C=N–C) groups is 2. The van der Waals surface area contributed by atoms with Crippen molar-refractivity contribution in [3.8, 4) is 12.3 Å². The molecule has 7 N–H and O–H groups in total. The third-order valence-electron chi connectivity index (χ3n) is 6.60. The van der Waals surface area contributed by atoms with Crippen LogP contribution in [0.1, 0.15) is 62.7 Å². The fraction of sp³-hybridized carbons (Fsp3) is 0.441. The van der Waals surface area contributed by atoms with Gasteiger partial charge < -0.3 is 41.6 Å². The van der Waals surface area contributed by atoms with Gasteiger partial charge in [0.05, 0.1) is 37.8 Å². The second-order valence-electron chi connectivity index (χ2n) is 10.5. The van der Waals surface area contributed by atoms with E-state index in [2.05, 4.69) is 44.1 Å². The largest absolute Gasteiger partial charge is 0.483 e. The van der Waals surface area contributed by atoms with E-state index in [1.165, 1.54) is 11.3 Å². The van der Waals surface area contributed by atoms with Gasteiger partial charge in [0.2, 0.25) is 0 Å². The fourth-order valence-corrected chi connectivity index (χ4v) is 4.26. The molecule has 0 radical (unpaired) electrons. The van der Waals surface area contributed by atoms with E-state index in [9.17, 15) is 9.59 Å². The molecule has 1 aromatic carbocycles. The average Bonchev–Trinajstić information content (AvgIpc) is 3.91. The maximum Gasteiger partial charge on any atom is 0.299 e. The van der Waals surface area contributed by atoms with E-state index >= 15 is 0 Å². The summed E-state index contributed by atoms with van der Waals surface area (Å²) in [5.41, 5.74) is 11.2. The van der Waals surface area contributed by atoms with E-state index in [4.69, 9.17) is 31.5 Å². The molecule has 1 saturated carbocycles. The summed E-state index contributed by atoms with van der Waals surface area (Å²) < 4.78 is 10.7. The molecule has 3 rings (SSSR count). The molecule has 1 aliphatic carbocycles. The van der Waals surface area contributed by atoms with E-state index in [0.29, 0.717) is 56.5 Å². The van der Waals surface area contributed by atoms with Crippen molar-refractivity contribution in [1.29, 1.82) is 0 Å². The number of amides is 2. The molecule has 2 amide bonds. The number of carboxylic acid groups (broad SMARTS) is 1. The molecule has 0 unspecified atom stereocenters. The zero-order valence-electron chi connectivity index (χ0n) is 27.3. The third-order valence-corrected chi connectivity index (χ3v) is 6.60. The standard InChI is InChI=1S/C33H45N7O4.CH2O2/c1-4-6-8-30-31(33(42)39-24(3)34)40-28(23-38-30)22-37-27-14-12-26(13-15-27)32(41)36-16-7-9-29(25-10-11-25)35-17-19-44-21-20-43-18-5-2;2-1-3/h2,8,12-15,23,35,37-38H,4,6-7,9-11,16-22H2,1,3H3,(H,36,41)(H2,34,39,42);1H,(H,2,3)/b30-8-;. The summed E-state index contributed by atoms with van der Waals surface area (Å²) in [6, 6.07) is 7.26. The fourth-order valence-electron chi connectivity index (χ4n) is 4.26. The Morgan fingerprint density at radius 1 is 1.15 bits per heavy atom. The van der Waals surface area contributed by atoms with Gasteiger partial charge in [-0.1, -0.05) is 30.9 Å². The lowest BCUT2D eigenvalue weighted by Gasteiger charge is -2.17. The first kappa shape index (κ1) is 38.3. The number of carbonyl (C=O) groups excluding carboxylic acids is 2.